The fourth-order valence-corrected chi connectivity index (χ4v) is 1.74. The van der Waals surface area contributed by atoms with Crippen molar-refractivity contribution in [2.75, 3.05) is 26.3 Å². The highest BCUT2D eigenvalue weighted by molar-refractivity contribution is 6.32. The van der Waals surface area contributed by atoms with Gasteiger partial charge in [0, 0.05) is 13.1 Å². The molecule has 1 saturated heterocycles. The van der Waals surface area contributed by atoms with Crippen LogP contribution in [0.4, 0.5) is 4.39 Å². The number of nitrogens with one attached hydrogen (secondary N) is 1. The zero-order valence-electron chi connectivity index (χ0n) is 8.71. The van der Waals surface area contributed by atoms with Crippen molar-refractivity contribution in [3.05, 3.63) is 29.0 Å². The summed E-state index contributed by atoms with van der Waals surface area (Å²) in [6.45, 7) is 2.51. The molecule has 16 heavy (non-hydrogen) atoms. The molecule has 1 fully saturated rings. The third-order valence-corrected chi connectivity index (χ3v) is 2.63. The Hall–Kier alpha value is -0.840. The Balaban J connectivity index is 1.93. The van der Waals surface area contributed by atoms with Crippen LogP contribution in [0.15, 0.2) is 18.2 Å². The number of halogens is 2. The largest absolute Gasteiger partial charge is 0.486 e. The van der Waals surface area contributed by atoms with Gasteiger partial charge in [0.25, 0.3) is 0 Å². The van der Waals surface area contributed by atoms with Gasteiger partial charge in [-0.05, 0) is 12.1 Å². The molecule has 0 aromatic heterocycles. The molecule has 2 rings (SSSR count). The van der Waals surface area contributed by atoms with Gasteiger partial charge in [-0.15, -0.1) is 0 Å². The van der Waals surface area contributed by atoms with Gasteiger partial charge in [0.1, 0.15) is 12.7 Å². The number of hydrogen-bond donors (Lipinski definition) is 1. The van der Waals surface area contributed by atoms with Crippen LogP contribution in [-0.4, -0.2) is 32.4 Å². The van der Waals surface area contributed by atoms with Crippen LogP contribution in [0.3, 0.4) is 0 Å². The third kappa shape index (κ3) is 2.84. The monoisotopic (exact) mass is 245 g/mol. The Morgan fingerprint density at radius 3 is 3.12 bits per heavy atom. The highest BCUT2D eigenvalue weighted by Gasteiger charge is 2.16. The van der Waals surface area contributed by atoms with E-state index >= 15 is 0 Å². The number of rotatable bonds is 3. The van der Waals surface area contributed by atoms with E-state index in [4.69, 9.17) is 21.1 Å². The predicted molar refractivity (Wildman–Crippen MR) is 59.5 cm³/mol. The van der Waals surface area contributed by atoms with Crippen molar-refractivity contribution < 1.29 is 13.9 Å². The highest BCUT2D eigenvalue weighted by atomic mass is 35.5. The SMILES string of the molecule is Fc1cccc(Cl)c1OCC1CNCCO1. The molecule has 1 aromatic rings. The fraction of sp³-hybridized carbons (Fsp3) is 0.455. The fourth-order valence-electron chi connectivity index (χ4n) is 1.52. The molecule has 1 heterocycles. The summed E-state index contributed by atoms with van der Waals surface area (Å²) in [6.07, 6.45) is -0.0515. The van der Waals surface area contributed by atoms with E-state index in [9.17, 15) is 4.39 Å². The Morgan fingerprint density at radius 2 is 2.44 bits per heavy atom. The number of morpholine rings is 1. The number of ether oxygens (including phenoxy) is 2. The lowest BCUT2D eigenvalue weighted by atomic mass is 10.3. The smallest absolute Gasteiger partial charge is 0.173 e. The quantitative estimate of drug-likeness (QED) is 0.882. The van der Waals surface area contributed by atoms with Crippen molar-refractivity contribution in [3.8, 4) is 5.75 Å². The van der Waals surface area contributed by atoms with Crippen LogP contribution >= 0.6 is 11.6 Å². The van der Waals surface area contributed by atoms with Gasteiger partial charge in [-0.2, -0.15) is 0 Å². The Kier molecular flexibility index (Phi) is 3.98. The minimum absolute atomic E-state index is 0.0515. The third-order valence-electron chi connectivity index (χ3n) is 2.34. The molecule has 1 aliphatic heterocycles. The molecular weight excluding hydrogens is 233 g/mol. The topological polar surface area (TPSA) is 30.5 Å². The molecular formula is C11H13ClFNO2. The van der Waals surface area contributed by atoms with Gasteiger partial charge in [-0.25, -0.2) is 4.39 Å². The molecule has 1 atom stereocenters. The van der Waals surface area contributed by atoms with E-state index in [2.05, 4.69) is 5.32 Å². The molecule has 0 aliphatic carbocycles. The van der Waals surface area contributed by atoms with Crippen molar-refractivity contribution in [2.24, 2.45) is 0 Å². The van der Waals surface area contributed by atoms with Gasteiger partial charge in [0.2, 0.25) is 0 Å². The van der Waals surface area contributed by atoms with E-state index in [1.165, 1.54) is 6.07 Å². The first-order chi connectivity index (χ1) is 7.77. The average molecular weight is 246 g/mol. The standard InChI is InChI=1S/C11H13ClFNO2/c12-9-2-1-3-10(13)11(9)16-7-8-6-14-4-5-15-8/h1-3,8,14H,4-7H2. The summed E-state index contributed by atoms with van der Waals surface area (Å²) in [5.74, 6) is -0.352. The van der Waals surface area contributed by atoms with E-state index in [1.807, 2.05) is 0 Å². The Morgan fingerprint density at radius 1 is 1.56 bits per heavy atom. The van der Waals surface area contributed by atoms with Gasteiger partial charge < -0.3 is 14.8 Å². The first-order valence-electron chi connectivity index (χ1n) is 5.16. The average Bonchev–Trinajstić information content (AvgIpc) is 2.30. The normalized spacial score (nSPS) is 20.8. The van der Waals surface area contributed by atoms with Gasteiger partial charge >= 0.3 is 0 Å². The second-order valence-corrected chi connectivity index (χ2v) is 3.97. The first-order valence-corrected chi connectivity index (χ1v) is 5.54. The van der Waals surface area contributed by atoms with Gasteiger partial charge in [-0.3, -0.25) is 0 Å². The highest BCUT2D eigenvalue weighted by Crippen LogP contribution is 2.27. The number of para-hydroxylation sites is 1. The van der Waals surface area contributed by atoms with Crippen molar-refractivity contribution in [1.82, 2.24) is 5.32 Å². The summed E-state index contributed by atoms with van der Waals surface area (Å²) in [5, 5.41) is 3.45. The molecule has 5 heteroatoms. The van der Waals surface area contributed by atoms with Crippen molar-refractivity contribution in [1.29, 1.82) is 0 Å². The molecule has 1 unspecified atom stereocenters. The lowest BCUT2D eigenvalue weighted by Gasteiger charge is -2.23. The summed E-state index contributed by atoms with van der Waals surface area (Å²) in [4.78, 5) is 0. The van der Waals surface area contributed by atoms with Crippen LogP contribution in [0.2, 0.25) is 5.02 Å². The summed E-state index contributed by atoms with van der Waals surface area (Å²) in [7, 11) is 0. The Bertz CT molecular complexity index is 336. The lowest BCUT2D eigenvalue weighted by Crippen LogP contribution is -2.41. The molecule has 0 saturated carbocycles. The minimum Gasteiger partial charge on any atom is -0.486 e. The molecule has 0 radical (unpaired) electrons. The summed E-state index contributed by atoms with van der Waals surface area (Å²) in [6, 6.07) is 4.46. The summed E-state index contributed by atoms with van der Waals surface area (Å²) < 4.78 is 24.1. The second kappa shape index (κ2) is 5.48. The van der Waals surface area contributed by atoms with Crippen molar-refractivity contribution in [2.45, 2.75) is 6.10 Å². The molecule has 1 aromatic carbocycles. The number of benzene rings is 1. The van der Waals surface area contributed by atoms with Gasteiger partial charge in [0.05, 0.1) is 11.6 Å². The summed E-state index contributed by atoms with van der Waals surface area (Å²) >= 11 is 5.83. The second-order valence-electron chi connectivity index (χ2n) is 3.56. The molecule has 3 nitrogen and oxygen atoms in total. The van der Waals surface area contributed by atoms with E-state index in [1.54, 1.807) is 12.1 Å². The molecule has 1 N–H and O–H groups in total. The maximum Gasteiger partial charge on any atom is 0.173 e. The van der Waals surface area contributed by atoms with Crippen LogP contribution < -0.4 is 10.1 Å². The van der Waals surface area contributed by atoms with Gasteiger partial charge in [-0.1, -0.05) is 17.7 Å². The van der Waals surface area contributed by atoms with Crippen molar-refractivity contribution in [3.63, 3.8) is 0 Å². The predicted octanol–water partition coefficient (Wildman–Crippen LogP) is 1.85. The van der Waals surface area contributed by atoms with Crippen LogP contribution in [0.1, 0.15) is 0 Å². The first kappa shape index (κ1) is 11.6. The molecule has 88 valence electrons. The van der Waals surface area contributed by atoms with E-state index in [-0.39, 0.29) is 16.9 Å². The van der Waals surface area contributed by atoms with Crippen LogP contribution in [0.25, 0.3) is 0 Å². The van der Waals surface area contributed by atoms with Crippen LogP contribution in [-0.2, 0) is 4.74 Å². The van der Waals surface area contributed by atoms with E-state index in [0.717, 1.165) is 6.54 Å². The molecule has 0 spiro atoms. The lowest BCUT2D eigenvalue weighted by molar-refractivity contribution is -0.000512. The zero-order chi connectivity index (χ0) is 11.4. The van der Waals surface area contributed by atoms with Crippen LogP contribution in [0, 0.1) is 5.82 Å². The van der Waals surface area contributed by atoms with Gasteiger partial charge in [0.15, 0.2) is 11.6 Å². The van der Waals surface area contributed by atoms with Crippen LogP contribution in [0.5, 0.6) is 5.75 Å². The maximum absolute atomic E-state index is 13.3. The molecule has 1 aliphatic rings. The zero-order valence-corrected chi connectivity index (χ0v) is 9.47. The van der Waals surface area contributed by atoms with E-state index in [0.29, 0.717) is 19.8 Å². The maximum atomic E-state index is 13.3. The van der Waals surface area contributed by atoms with Crippen molar-refractivity contribution >= 4 is 11.6 Å². The summed E-state index contributed by atoms with van der Waals surface area (Å²) in [5.41, 5.74) is 0. The minimum atomic E-state index is -0.448. The van der Waals surface area contributed by atoms with E-state index < -0.39 is 5.82 Å². The molecule has 0 bridgehead atoms. The Labute approximate surface area is 98.5 Å². The molecule has 0 amide bonds. The number of hydrogen-bond acceptors (Lipinski definition) is 3.